The molecule has 1 unspecified atom stereocenters. The van der Waals surface area contributed by atoms with Crippen molar-refractivity contribution in [3.8, 4) is 0 Å². The number of allylic oxidation sites excluding steroid dienone is 3. The number of nitrogens with zero attached hydrogens (tertiary/aromatic N) is 3. The fraction of sp³-hybridized carbons (Fsp3) is 0.292. The number of nitrogens with one attached hydrogen (secondary N) is 1. The number of pyridine rings is 1. The maximum atomic E-state index is 15.2. The van der Waals surface area contributed by atoms with Crippen LogP contribution >= 0.6 is 0 Å². The number of benzene rings is 1. The Morgan fingerprint density at radius 1 is 1.18 bits per heavy atom. The van der Waals surface area contributed by atoms with Gasteiger partial charge in [0, 0.05) is 24.1 Å². The molecule has 0 amide bonds. The number of ether oxygens (including phenoxy) is 1. The summed E-state index contributed by atoms with van der Waals surface area (Å²) in [6, 6.07) is 10.3. The van der Waals surface area contributed by atoms with Crippen LogP contribution in [-0.2, 0) is 14.8 Å². The van der Waals surface area contributed by atoms with Crippen molar-refractivity contribution in [3.05, 3.63) is 76.4 Å². The Balaban J connectivity index is 1.59. The van der Waals surface area contributed by atoms with Gasteiger partial charge in [0.1, 0.15) is 11.9 Å². The van der Waals surface area contributed by atoms with Crippen molar-refractivity contribution in [1.29, 1.82) is 0 Å². The predicted molar refractivity (Wildman–Crippen MR) is 126 cm³/mol. The Morgan fingerprint density at radius 2 is 2.00 bits per heavy atom. The number of rotatable bonds is 6. The highest BCUT2D eigenvalue weighted by Crippen LogP contribution is 2.41. The van der Waals surface area contributed by atoms with E-state index in [0.717, 1.165) is 24.8 Å². The lowest BCUT2D eigenvalue weighted by Gasteiger charge is -2.33. The van der Waals surface area contributed by atoms with E-state index in [0.29, 0.717) is 22.4 Å². The van der Waals surface area contributed by atoms with Gasteiger partial charge >= 0.3 is 0 Å². The first kappa shape index (κ1) is 22.3. The van der Waals surface area contributed by atoms with Crippen LogP contribution in [0, 0.1) is 5.92 Å². The van der Waals surface area contributed by atoms with Crippen LogP contribution in [0.25, 0.3) is 16.6 Å². The van der Waals surface area contributed by atoms with E-state index in [4.69, 9.17) is 4.74 Å². The third kappa shape index (κ3) is 3.98. The standard InChI is InChI=1S/C24H23FN4O4S/c1-33-22-13-18(15-4-2-5-15)19(25)14-21(22)29-20-9-8-17(12-16(20)7-10-24(29)30)34(31,32)28-23-6-3-11-26-27-23/h3,6-13,15,19H,2,4-5,14H2,1H3,(H,27,28). The molecule has 0 bridgehead atoms. The first-order valence-electron chi connectivity index (χ1n) is 11.0. The third-order valence-electron chi connectivity index (χ3n) is 6.37. The number of hydrogen-bond acceptors (Lipinski definition) is 6. The lowest BCUT2D eigenvalue weighted by atomic mass is 9.75. The molecule has 1 N–H and O–H groups in total. The maximum Gasteiger partial charge on any atom is 0.263 e. The average Bonchev–Trinajstić information content (AvgIpc) is 2.79. The van der Waals surface area contributed by atoms with Gasteiger partial charge in [0.05, 0.1) is 23.2 Å². The number of methoxy groups -OCH3 is 1. The largest absolute Gasteiger partial charge is 0.495 e. The van der Waals surface area contributed by atoms with Crippen LogP contribution in [0.15, 0.2) is 75.8 Å². The molecule has 2 aliphatic rings. The predicted octanol–water partition coefficient (Wildman–Crippen LogP) is 3.88. The monoisotopic (exact) mass is 482 g/mol. The molecular weight excluding hydrogens is 459 g/mol. The Kier molecular flexibility index (Phi) is 5.68. The Bertz CT molecular complexity index is 1480. The zero-order valence-corrected chi connectivity index (χ0v) is 19.3. The number of sulfonamides is 1. The van der Waals surface area contributed by atoms with Gasteiger partial charge in [-0.1, -0.05) is 6.42 Å². The number of anilines is 1. The van der Waals surface area contributed by atoms with Gasteiger partial charge in [-0.25, -0.2) is 12.8 Å². The summed E-state index contributed by atoms with van der Waals surface area (Å²) in [6.45, 7) is 0. The fourth-order valence-electron chi connectivity index (χ4n) is 4.43. The number of aromatic nitrogens is 3. The van der Waals surface area contributed by atoms with Gasteiger partial charge in [-0.05, 0) is 66.8 Å². The van der Waals surface area contributed by atoms with Gasteiger partial charge in [0.15, 0.2) is 5.82 Å². The molecule has 1 aromatic carbocycles. The minimum atomic E-state index is -3.94. The zero-order valence-electron chi connectivity index (χ0n) is 18.4. The SMILES string of the molecule is COC1=C(n2c(=O)ccc3cc(S(=O)(=O)Nc4cccnn4)ccc32)CC(F)C(C2CCC2)=C1. The molecule has 5 rings (SSSR count). The summed E-state index contributed by atoms with van der Waals surface area (Å²) in [5, 5.41) is 7.92. The molecule has 3 aromatic rings. The van der Waals surface area contributed by atoms with Gasteiger partial charge in [-0.3, -0.25) is 14.1 Å². The third-order valence-corrected chi connectivity index (χ3v) is 7.72. The Morgan fingerprint density at radius 3 is 2.68 bits per heavy atom. The maximum absolute atomic E-state index is 15.2. The van der Waals surface area contributed by atoms with Gasteiger partial charge in [0.2, 0.25) is 0 Å². The molecule has 1 atom stereocenters. The highest BCUT2D eigenvalue weighted by molar-refractivity contribution is 7.92. The molecule has 8 nitrogen and oxygen atoms in total. The highest BCUT2D eigenvalue weighted by atomic mass is 32.2. The van der Waals surface area contributed by atoms with E-state index < -0.39 is 16.2 Å². The number of hydrogen-bond donors (Lipinski definition) is 1. The average molecular weight is 483 g/mol. The normalized spacial score (nSPS) is 19.0. The second kappa shape index (κ2) is 8.68. The van der Waals surface area contributed by atoms with Crippen molar-refractivity contribution < 1.29 is 17.5 Å². The van der Waals surface area contributed by atoms with Crippen molar-refractivity contribution in [3.63, 3.8) is 0 Å². The zero-order chi connectivity index (χ0) is 23.9. The van der Waals surface area contributed by atoms with E-state index in [1.165, 1.54) is 42.1 Å². The van der Waals surface area contributed by atoms with E-state index in [1.54, 1.807) is 24.3 Å². The van der Waals surface area contributed by atoms with Crippen molar-refractivity contribution in [1.82, 2.24) is 14.8 Å². The summed E-state index contributed by atoms with van der Waals surface area (Å²) in [5.41, 5.74) is 1.26. The molecule has 0 radical (unpaired) electrons. The van der Waals surface area contributed by atoms with Crippen LogP contribution in [-0.4, -0.2) is 36.5 Å². The summed E-state index contributed by atoms with van der Waals surface area (Å²) in [4.78, 5) is 12.9. The van der Waals surface area contributed by atoms with Crippen LogP contribution in [0.2, 0.25) is 0 Å². The summed E-state index contributed by atoms with van der Waals surface area (Å²) in [7, 11) is -2.43. The van der Waals surface area contributed by atoms with Crippen molar-refractivity contribution >= 4 is 32.4 Å². The summed E-state index contributed by atoms with van der Waals surface area (Å²) in [6.07, 6.45) is 5.00. The lowest BCUT2D eigenvalue weighted by molar-refractivity contribution is 0.264. The minimum Gasteiger partial charge on any atom is -0.495 e. The summed E-state index contributed by atoms with van der Waals surface area (Å²) in [5.74, 6) is 0.764. The molecule has 1 fully saturated rings. The minimum absolute atomic E-state index is 0.00373. The fourth-order valence-corrected chi connectivity index (χ4v) is 5.46. The molecule has 0 saturated heterocycles. The van der Waals surface area contributed by atoms with Gasteiger partial charge in [-0.2, -0.15) is 5.10 Å². The van der Waals surface area contributed by atoms with Crippen molar-refractivity contribution in [2.24, 2.45) is 5.92 Å². The molecule has 2 aliphatic carbocycles. The first-order valence-corrected chi connectivity index (χ1v) is 12.4. The summed E-state index contributed by atoms with van der Waals surface area (Å²) >= 11 is 0. The molecular formula is C24H23FN4O4S. The van der Waals surface area contributed by atoms with E-state index in [2.05, 4.69) is 14.9 Å². The van der Waals surface area contributed by atoms with Crippen LogP contribution < -0.4 is 10.3 Å². The van der Waals surface area contributed by atoms with Gasteiger partial charge in [0.25, 0.3) is 15.6 Å². The van der Waals surface area contributed by atoms with Gasteiger partial charge < -0.3 is 4.74 Å². The Labute approximate surface area is 195 Å². The molecule has 2 heterocycles. The van der Waals surface area contributed by atoms with Crippen LogP contribution in [0.4, 0.5) is 10.2 Å². The molecule has 1 saturated carbocycles. The van der Waals surface area contributed by atoms with Crippen molar-refractivity contribution in [2.75, 3.05) is 11.8 Å². The number of alkyl halides is 1. The molecule has 0 aliphatic heterocycles. The van der Waals surface area contributed by atoms with E-state index in [1.807, 2.05) is 0 Å². The van der Waals surface area contributed by atoms with Crippen LogP contribution in [0.5, 0.6) is 0 Å². The second-order valence-electron chi connectivity index (χ2n) is 8.40. The van der Waals surface area contributed by atoms with Gasteiger partial charge in [-0.15, -0.1) is 5.10 Å². The number of fused-ring (bicyclic) bond motifs is 1. The summed E-state index contributed by atoms with van der Waals surface area (Å²) < 4.78 is 50.2. The molecule has 0 spiro atoms. The van der Waals surface area contributed by atoms with E-state index in [-0.39, 0.29) is 28.6 Å². The molecule has 176 valence electrons. The lowest BCUT2D eigenvalue weighted by Crippen LogP contribution is -2.28. The highest BCUT2D eigenvalue weighted by Gasteiger charge is 2.33. The first-order chi connectivity index (χ1) is 16.4. The van der Waals surface area contributed by atoms with Crippen molar-refractivity contribution in [2.45, 2.75) is 36.8 Å². The molecule has 34 heavy (non-hydrogen) atoms. The molecule has 2 aromatic heterocycles. The Hall–Kier alpha value is -3.53. The quantitative estimate of drug-likeness (QED) is 0.572. The second-order valence-corrected chi connectivity index (χ2v) is 10.1. The van der Waals surface area contributed by atoms with E-state index >= 15 is 4.39 Å². The number of halogens is 1. The van der Waals surface area contributed by atoms with E-state index in [9.17, 15) is 13.2 Å². The van der Waals surface area contributed by atoms with Crippen LogP contribution in [0.3, 0.4) is 0 Å². The molecule has 10 heteroatoms. The van der Waals surface area contributed by atoms with Crippen LogP contribution in [0.1, 0.15) is 25.7 Å². The topological polar surface area (TPSA) is 103 Å². The smallest absolute Gasteiger partial charge is 0.263 e.